The van der Waals surface area contributed by atoms with Gasteiger partial charge in [-0.3, -0.25) is 19.5 Å². The van der Waals surface area contributed by atoms with Crippen molar-refractivity contribution in [1.29, 1.82) is 0 Å². The number of likely N-dealkylation sites (tertiary alicyclic amines) is 1. The summed E-state index contributed by atoms with van der Waals surface area (Å²) in [6.07, 6.45) is 10.7. The van der Waals surface area contributed by atoms with Crippen LogP contribution in [0, 0.1) is 12.7 Å². The first-order valence-corrected chi connectivity index (χ1v) is 29.5. The minimum absolute atomic E-state index is 0.0335. The zero-order valence-corrected chi connectivity index (χ0v) is 47.5. The Bertz CT molecular complexity index is 3270. The predicted molar refractivity (Wildman–Crippen MR) is 307 cm³/mol. The van der Waals surface area contributed by atoms with Crippen molar-refractivity contribution in [3.8, 4) is 39.3 Å². The van der Waals surface area contributed by atoms with Gasteiger partial charge in [0.25, 0.3) is 5.88 Å². The average Bonchev–Trinajstić information content (AvgIpc) is 4.51. The number of phenols is 1. The number of rotatable bonds is 15. The number of pyridine rings is 1. The third-order valence-electron chi connectivity index (χ3n) is 16.3. The van der Waals surface area contributed by atoms with Gasteiger partial charge in [-0.05, 0) is 123 Å². The van der Waals surface area contributed by atoms with Gasteiger partial charge in [0.15, 0.2) is 5.82 Å². The molecule has 418 valence electrons. The van der Waals surface area contributed by atoms with Gasteiger partial charge in [0.1, 0.15) is 47.8 Å². The van der Waals surface area contributed by atoms with Crippen LogP contribution in [0.25, 0.3) is 43.4 Å². The van der Waals surface area contributed by atoms with Gasteiger partial charge in [-0.1, -0.05) is 83.5 Å². The van der Waals surface area contributed by atoms with E-state index in [1.54, 1.807) is 40.6 Å². The number of hydrogen-bond acceptors (Lipinski definition) is 15. The molecule has 6 unspecified atom stereocenters. The van der Waals surface area contributed by atoms with Crippen LogP contribution in [-0.4, -0.2) is 121 Å². The van der Waals surface area contributed by atoms with Crippen LogP contribution in [0.3, 0.4) is 0 Å². The number of halogens is 1. The number of amides is 2. The van der Waals surface area contributed by atoms with E-state index in [9.17, 15) is 14.7 Å². The maximum absolute atomic E-state index is 17.3. The van der Waals surface area contributed by atoms with Gasteiger partial charge in [0.2, 0.25) is 11.8 Å². The van der Waals surface area contributed by atoms with Crippen LogP contribution in [0.4, 0.5) is 10.2 Å². The van der Waals surface area contributed by atoms with Crippen molar-refractivity contribution in [1.82, 2.24) is 45.5 Å². The van der Waals surface area contributed by atoms with Crippen molar-refractivity contribution in [2.45, 2.75) is 155 Å². The first-order valence-electron chi connectivity index (χ1n) is 28.6. The number of benzene rings is 3. The lowest BCUT2D eigenvalue weighted by atomic mass is 9.95. The van der Waals surface area contributed by atoms with Crippen molar-refractivity contribution in [2.24, 2.45) is 0 Å². The number of hydrogen-bond donors (Lipinski definition) is 3. The number of thiazole rings is 1. The van der Waals surface area contributed by atoms with Crippen molar-refractivity contribution >= 4 is 50.6 Å². The molecule has 0 radical (unpaired) electrons. The quantitative estimate of drug-likeness (QED) is 0.0881. The summed E-state index contributed by atoms with van der Waals surface area (Å²) < 4.78 is 35.8. The Hall–Kier alpha value is -6.76. The van der Waals surface area contributed by atoms with Crippen LogP contribution in [0.5, 0.6) is 17.6 Å². The highest BCUT2D eigenvalue weighted by molar-refractivity contribution is 7.13. The van der Waals surface area contributed by atoms with E-state index in [1.165, 1.54) is 6.42 Å². The molecule has 0 aliphatic carbocycles. The number of nitrogens with one attached hydrogen (secondary N) is 2. The Labute approximate surface area is 466 Å². The first-order chi connectivity index (χ1) is 38.4. The van der Waals surface area contributed by atoms with Crippen molar-refractivity contribution in [3.05, 3.63) is 101 Å². The molecule has 7 aromatic rings. The molecule has 5 saturated heterocycles. The summed E-state index contributed by atoms with van der Waals surface area (Å²) in [4.78, 5) is 53.7. The van der Waals surface area contributed by atoms with Crippen LogP contribution in [0.2, 0.25) is 0 Å². The van der Waals surface area contributed by atoms with Gasteiger partial charge < -0.3 is 39.5 Å². The van der Waals surface area contributed by atoms with Crippen molar-refractivity contribution in [2.75, 3.05) is 44.3 Å². The third kappa shape index (κ3) is 11.5. The summed E-state index contributed by atoms with van der Waals surface area (Å²) in [5, 5.41) is 24.0. The predicted octanol–water partition coefficient (Wildman–Crippen LogP) is 10.9. The lowest BCUT2D eigenvalue weighted by Gasteiger charge is -2.35. The monoisotopic (exact) mass is 1090 g/mol. The number of carbonyl (C=O) groups is 2. The number of phenolic OH excluding ortho intramolecular Hbond substituents is 1. The first kappa shape index (κ1) is 55.6. The molecule has 5 aliphatic heterocycles. The molecule has 9 heterocycles. The minimum atomic E-state index is -0.583. The van der Waals surface area contributed by atoms with E-state index in [0.717, 1.165) is 109 Å². The Morgan fingerprint density at radius 2 is 1.75 bits per heavy atom. The lowest BCUT2D eigenvalue weighted by molar-refractivity contribution is -0.138. The standard InChI is InChI=1S/C56H61FN10O6S.C3H8.C2H6/c1-4-34-8-5-9-37-22-41(68)23-43(48(34)37)50-49(57)51-44(26-58-50)53(65-27-38-15-16-39(28-65)61-38)63-55(62-51)72-30-56-18-7-21-67(56)40(17-19-56)29-71-46-24-42(73-64-46)25-47(69)66-20-6-10-45(66)54(70)60-32(2)35-11-13-36(14-12-35)52-33(3)59-31-74-52;1-3-2;1-2/h5,8-9,11-14,22-24,26,31-32,38-40,45,61,68H,4,6-7,10,15-21,25,27-30H2,1-3H3,(H,60,70);3H2,1-2H3;1-2H3. The summed E-state index contributed by atoms with van der Waals surface area (Å²) in [5.74, 6) is 0.375. The fourth-order valence-corrected chi connectivity index (χ4v) is 13.4. The van der Waals surface area contributed by atoms with Crippen LogP contribution in [0.15, 0.2) is 76.9 Å². The van der Waals surface area contributed by atoms with E-state index in [1.807, 2.05) is 63.5 Å². The minimum Gasteiger partial charge on any atom is -0.508 e. The number of carbonyl (C=O) groups excluding carboxylic acids is 2. The number of ether oxygens (including phenoxy) is 2. The molecule has 2 bridgehead atoms. The molecule has 5 fully saturated rings. The van der Waals surface area contributed by atoms with Gasteiger partial charge in [-0.2, -0.15) is 9.97 Å². The molecule has 18 heteroatoms. The van der Waals surface area contributed by atoms with E-state index in [2.05, 4.69) is 63.5 Å². The Morgan fingerprint density at radius 3 is 2.49 bits per heavy atom. The second-order valence-electron chi connectivity index (χ2n) is 21.6. The summed E-state index contributed by atoms with van der Waals surface area (Å²) in [7, 11) is 0. The van der Waals surface area contributed by atoms with Gasteiger partial charge in [-0.25, -0.2) is 9.37 Å². The molecular weight excluding hydrogens is 1020 g/mol. The SMILES string of the molecule is CC.CCC.CCc1cccc2cc(O)cc(-c3ncc4c(N5CC6CCC(C5)N6)nc(OCC56CCCN5C(COc5cc(CC(=O)N7CCCC7C(=O)NC(C)c7ccc(-c8scnc8C)cc7)on5)CC6)nc4c3F)c12. The molecule has 3 N–H and O–H groups in total. The summed E-state index contributed by atoms with van der Waals surface area (Å²) in [6, 6.07) is 19.0. The number of aromatic hydroxyl groups is 1. The number of aromatic nitrogens is 5. The maximum atomic E-state index is 17.3. The van der Waals surface area contributed by atoms with E-state index < -0.39 is 11.9 Å². The average molecular weight is 1100 g/mol. The second-order valence-corrected chi connectivity index (χ2v) is 22.5. The zero-order chi connectivity index (χ0) is 55.4. The van der Waals surface area contributed by atoms with Crippen LogP contribution < -0.4 is 25.0 Å². The lowest BCUT2D eigenvalue weighted by Crippen LogP contribution is -2.51. The molecule has 2 amide bonds. The van der Waals surface area contributed by atoms with E-state index >= 15 is 4.39 Å². The maximum Gasteiger partial charge on any atom is 0.319 e. The van der Waals surface area contributed by atoms with E-state index in [4.69, 9.17) is 28.9 Å². The highest BCUT2D eigenvalue weighted by atomic mass is 32.1. The highest BCUT2D eigenvalue weighted by Gasteiger charge is 2.50. The van der Waals surface area contributed by atoms with E-state index in [-0.39, 0.29) is 58.8 Å². The largest absolute Gasteiger partial charge is 0.508 e. The molecule has 0 saturated carbocycles. The number of piperazine rings is 1. The Balaban J connectivity index is 0.00000136. The number of nitrogens with zero attached hydrogens (tertiary/aromatic N) is 8. The number of fused-ring (bicyclic) bond motifs is 5. The molecule has 79 heavy (non-hydrogen) atoms. The van der Waals surface area contributed by atoms with Crippen LogP contribution >= 0.6 is 11.3 Å². The van der Waals surface area contributed by atoms with Crippen LogP contribution in [0.1, 0.15) is 128 Å². The molecular formula is C61H75FN10O6S. The van der Waals surface area contributed by atoms with Crippen molar-refractivity contribution in [3.63, 3.8) is 0 Å². The third-order valence-corrected chi connectivity index (χ3v) is 17.3. The molecule has 5 aliphatic rings. The summed E-state index contributed by atoms with van der Waals surface area (Å²) in [5.41, 5.74) is 6.42. The summed E-state index contributed by atoms with van der Waals surface area (Å²) in [6.45, 7) is 17.8. The summed E-state index contributed by atoms with van der Waals surface area (Å²) >= 11 is 1.61. The number of aryl methyl sites for hydroxylation is 2. The molecule has 0 spiro atoms. The second kappa shape index (κ2) is 24.3. The fourth-order valence-electron chi connectivity index (χ4n) is 12.6. The smallest absolute Gasteiger partial charge is 0.319 e. The van der Waals surface area contributed by atoms with E-state index in [0.29, 0.717) is 66.7 Å². The molecule has 16 nitrogen and oxygen atoms in total. The Kier molecular flexibility index (Phi) is 17.1. The molecule has 12 rings (SSSR count). The highest BCUT2D eigenvalue weighted by Crippen LogP contribution is 2.44. The molecule has 3 aromatic carbocycles. The number of anilines is 1. The van der Waals surface area contributed by atoms with Gasteiger partial charge >= 0.3 is 6.01 Å². The van der Waals surface area contributed by atoms with Gasteiger partial charge in [-0.15, -0.1) is 11.3 Å². The molecule has 4 aromatic heterocycles. The topological polar surface area (TPSA) is 184 Å². The Morgan fingerprint density at radius 1 is 0.962 bits per heavy atom. The molecule has 6 atom stereocenters. The van der Waals surface area contributed by atoms with Gasteiger partial charge in [0, 0.05) is 55.6 Å². The van der Waals surface area contributed by atoms with Crippen molar-refractivity contribution < 1.29 is 33.1 Å². The van der Waals surface area contributed by atoms with Crippen LogP contribution in [-0.2, 0) is 22.4 Å². The van der Waals surface area contributed by atoms with Gasteiger partial charge in [0.05, 0.1) is 39.5 Å². The fraction of sp³-hybridized carbons (Fsp3) is 0.492. The zero-order valence-electron chi connectivity index (χ0n) is 46.7. The normalized spacial score (nSPS) is 21.8.